The summed E-state index contributed by atoms with van der Waals surface area (Å²) in [4.78, 5) is 0. The van der Waals surface area contributed by atoms with Gasteiger partial charge in [-0.2, -0.15) is 6.42 Å². The van der Waals surface area contributed by atoms with Gasteiger partial charge in [-0.05, 0) is 29.6 Å². The smallest absolute Gasteiger partial charge is 1.00 e. The molecular weight excluding hydrogens is 462 g/mol. The van der Waals surface area contributed by atoms with Crippen LogP contribution in [0.5, 0.6) is 0 Å². The zero-order valence-corrected chi connectivity index (χ0v) is 21.9. The van der Waals surface area contributed by atoms with Crippen molar-refractivity contribution in [1.29, 1.82) is 0 Å². The first-order chi connectivity index (χ1) is 11.8. The second-order valence-corrected chi connectivity index (χ2v) is 9.80. The first kappa shape index (κ1) is 28.3. The van der Waals surface area contributed by atoms with Gasteiger partial charge >= 0.3 is 26.2 Å². The summed E-state index contributed by atoms with van der Waals surface area (Å²) in [5, 5.41) is 0. The molecule has 4 rings (SSSR count). The summed E-state index contributed by atoms with van der Waals surface area (Å²) in [6, 6.07) is 0. The fraction of sp³-hybridized carbons (Fsp3) is 0.600. The molecule has 3 heteroatoms. The first-order valence-electron chi connectivity index (χ1n) is 10.2. The summed E-state index contributed by atoms with van der Waals surface area (Å²) in [7, 11) is 0. The molecule has 0 aromatic heterocycles. The van der Waals surface area contributed by atoms with Crippen molar-refractivity contribution in [3.05, 3.63) is 60.9 Å². The topological polar surface area (TPSA) is 0 Å². The minimum atomic E-state index is 0. The number of rotatable bonds is 0. The second-order valence-electron chi connectivity index (χ2n) is 9.80. The minimum absolute atomic E-state index is 0. The monoisotopic (exact) mass is 496 g/mol. The predicted molar refractivity (Wildman–Crippen MR) is 110 cm³/mol. The molecule has 28 heavy (non-hydrogen) atoms. The fourth-order valence-electron chi connectivity index (χ4n) is 5.42. The van der Waals surface area contributed by atoms with E-state index in [0.29, 0.717) is 16.7 Å². The Balaban J connectivity index is 0.000000471. The van der Waals surface area contributed by atoms with Crippen LogP contribution in [0.25, 0.3) is 0 Å². The third-order valence-corrected chi connectivity index (χ3v) is 6.87. The molecule has 0 bridgehead atoms. The molecule has 2 fully saturated rings. The largest absolute Gasteiger partial charge is 4.00 e. The molecule has 2 saturated carbocycles. The predicted octanol–water partition coefficient (Wildman–Crippen LogP) is 1.28. The van der Waals surface area contributed by atoms with Gasteiger partial charge in [-0.3, -0.25) is 0 Å². The van der Waals surface area contributed by atoms with Gasteiger partial charge in [0.2, 0.25) is 0 Å². The van der Waals surface area contributed by atoms with Crippen LogP contribution < -0.4 is 24.8 Å². The van der Waals surface area contributed by atoms with Gasteiger partial charge in [0, 0.05) is 0 Å². The van der Waals surface area contributed by atoms with E-state index in [1.165, 1.54) is 44.1 Å². The average molecular weight is 499 g/mol. The number of hydrogen-bond donors (Lipinski definition) is 0. The van der Waals surface area contributed by atoms with E-state index in [1.54, 1.807) is 5.57 Å². The van der Waals surface area contributed by atoms with Crippen molar-refractivity contribution >= 4 is 0 Å². The normalized spacial score (nSPS) is 30.9. The molecular formula is C25H36Cl2Zr. The molecule has 0 amide bonds. The van der Waals surface area contributed by atoms with Crippen LogP contribution >= 0.6 is 0 Å². The molecule has 4 aliphatic carbocycles. The molecule has 0 aliphatic heterocycles. The summed E-state index contributed by atoms with van der Waals surface area (Å²) in [6.45, 7) is 13.7. The molecule has 4 aliphatic rings. The first-order valence-corrected chi connectivity index (χ1v) is 10.2. The molecule has 0 nitrogen and oxygen atoms in total. The van der Waals surface area contributed by atoms with E-state index in [2.05, 4.69) is 77.5 Å². The SMILES string of the molecule is C=C1C=CC2[CH-]CCC2C(C)(C)C1.CC1(C)CC=CC=C2[CH-]CCC21.[Cl-].[Cl-].[Zr+4]. The van der Waals surface area contributed by atoms with Gasteiger partial charge in [0.1, 0.15) is 0 Å². The standard InChI is InChI=1S/C13H19.C12H17.2ClH.Zr/c1-10-7-8-11-5-4-6-12(11)13(2,3)9-10;1-12(2)9-4-3-6-10-7-5-8-11(10)12;;;/h5,7-8,11-12H,1,4,6,9H2,2-3H3;3-4,6-7,11H,5,8-9H2,1-2H3;2*1H;/q2*-1;;;+4/p-2. The van der Waals surface area contributed by atoms with Crippen molar-refractivity contribution in [3.8, 4) is 0 Å². The Bertz CT molecular complexity index is 598. The summed E-state index contributed by atoms with van der Waals surface area (Å²) in [6.07, 6.45) is 24.0. The summed E-state index contributed by atoms with van der Waals surface area (Å²) < 4.78 is 0. The minimum Gasteiger partial charge on any atom is -1.00 e. The van der Waals surface area contributed by atoms with Gasteiger partial charge in [0.15, 0.2) is 0 Å². The van der Waals surface area contributed by atoms with Crippen molar-refractivity contribution in [2.75, 3.05) is 0 Å². The van der Waals surface area contributed by atoms with Crippen LogP contribution in [0.2, 0.25) is 0 Å². The van der Waals surface area contributed by atoms with Crippen molar-refractivity contribution in [2.45, 2.75) is 66.2 Å². The molecule has 0 N–H and O–H groups in total. The molecule has 0 saturated heterocycles. The Morgan fingerprint density at radius 1 is 1.04 bits per heavy atom. The quantitative estimate of drug-likeness (QED) is 0.442. The van der Waals surface area contributed by atoms with Crippen LogP contribution in [0.15, 0.2) is 48.1 Å². The fourth-order valence-corrected chi connectivity index (χ4v) is 5.42. The van der Waals surface area contributed by atoms with Gasteiger partial charge in [-0.1, -0.05) is 64.7 Å². The van der Waals surface area contributed by atoms with E-state index in [9.17, 15) is 0 Å². The Morgan fingerprint density at radius 3 is 2.46 bits per heavy atom. The van der Waals surface area contributed by atoms with Gasteiger partial charge in [-0.15, -0.1) is 30.6 Å². The van der Waals surface area contributed by atoms with Crippen LogP contribution in [0.1, 0.15) is 66.2 Å². The van der Waals surface area contributed by atoms with Crippen LogP contribution in [-0.4, -0.2) is 0 Å². The van der Waals surface area contributed by atoms with E-state index < -0.39 is 0 Å². The van der Waals surface area contributed by atoms with Crippen molar-refractivity contribution in [2.24, 2.45) is 28.6 Å². The molecule has 3 atom stereocenters. The summed E-state index contributed by atoms with van der Waals surface area (Å²) in [5.74, 6) is 2.38. The number of halogens is 2. The molecule has 0 aromatic rings. The Labute approximate surface area is 205 Å². The van der Waals surface area contributed by atoms with Crippen molar-refractivity contribution in [1.82, 2.24) is 0 Å². The van der Waals surface area contributed by atoms with Crippen LogP contribution in [0, 0.1) is 41.4 Å². The second kappa shape index (κ2) is 11.6. The third kappa shape index (κ3) is 6.65. The van der Waals surface area contributed by atoms with Gasteiger partial charge in [-0.25, -0.2) is 18.1 Å². The zero-order chi connectivity index (χ0) is 18.1. The molecule has 154 valence electrons. The molecule has 0 heterocycles. The van der Waals surface area contributed by atoms with Crippen LogP contribution in [0.4, 0.5) is 0 Å². The Kier molecular flexibility index (Phi) is 11.7. The van der Waals surface area contributed by atoms with Crippen molar-refractivity contribution < 1.29 is 51.0 Å². The van der Waals surface area contributed by atoms with Crippen molar-refractivity contribution in [3.63, 3.8) is 0 Å². The zero-order valence-electron chi connectivity index (χ0n) is 18.0. The Morgan fingerprint density at radius 2 is 1.75 bits per heavy atom. The number of fused-ring (bicyclic) bond motifs is 2. The van der Waals surface area contributed by atoms with E-state index >= 15 is 0 Å². The number of hydrogen-bond acceptors (Lipinski definition) is 0. The van der Waals surface area contributed by atoms with E-state index in [4.69, 9.17) is 0 Å². The molecule has 0 radical (unpaired) electrons. The van der Waals surface area contributed by atoms with Gasteiger partial charge < -0.3 is 31.2 Å². The van der Waals surface area contributed by atoms with Crippen LogP contribution in [0.3, 0.4) is 0 Å². The van der Waals surface area contributed by atoms with E-state index in [1.807, 2.05) is 0 Å². The van der Waals surface area contributed by atoms with E-state index in [-0.39, 0.29) is 51.0 Å². The maximum atomic E-state index is 4.10. The molecule has 3 unspecified atom stereocenters. The average Bonchev–Trinajstić information content (AvgIpc) is 3.15. The van der Waals surface area contributed by atoms with E-state index in [0.717, 1.165) is 11.8 Å². The van der Waals surface area contributed by atoms with Crippen LogP contribution in [-0.2, 0) is 26.2 Å². The molecule has 0 spiro atoms. The van der Waals surface area contributed by atoms with Gasteiger partial charge in [0.25, 0.3) is 0 Å². The summed E-state index contributed by atoms with van der Waals surface area (Å²) >= 11 is 0. The number of allylic oxidation sites excluding steroid dienone is 7. The maximum Gasteiger partial charge on any atom is 4.00 e. The third-order valence-electron chi connectivity index (χ3n) is 6.87. The summed E-state index contributed by atoms with van der Waals surface area (Å²) in [5.41, 5.74) is 3.80. The maximum absolute atomic E-state index is 4.10. The van der Waals surface area contributed by atoms with Gasteiger partial charge in [0.05, 0.1) is 0 Å². The Hall–Kier alpha value is 0.293. The molecule has 0 aromatic carbocycles.